The second-order valence-electron chi connectivity index (χ2n) is 14.8. The van der Waals surface area contributed by atoms with Gasteiger partial charge in [-0.1, -0.05) is 192 Å². The first-order chi connectivity index (χ1) is 24.2. The highest BCUT2D eigenvalue weighted by molar-refractivity contribution is 7.85. The second kappa shape index (κ2) is 36.2. The van der Waals surface area contributed by atoms with Gasteiger partial charge in [0.2, 0.25) is 5.91 Å². The Bertz CT molecular complexity index is 906. The van der Waals surface area contributed by atoms with Crippen molar-refractivity contribution >= 4 is 16.0 Å². The quantitative estimate of drug-likeness (QED) is 0.0285. The van der Waals surface area contributed by atoms with E-state index in [-0.39, 0.29) is 6.42 Å². The highest BCUT2D eigenvalue weighted by atomic mass is 32.2. The fraction of sp³-hybridized carbons (Fsp3) is 0.881. The number of unbranched alkanes of at least 4 members (excludes halogenated alkanes) is 27. The number of aliphatic hydroxyl groups is 2. The zero-order chi connectivity index (χ0) is 37.0. The van der Waals surface area contributed by atoms with Crippen molar-refractivity contribution in [2.45, 2.75) is 231 Å². The van der Waals surface area contributed by atoms with Gasteiger partial charge in [0, 0.05) is 0 Å². The van der Waals surface area contributed by atoms with E-state index in [4.69, 9.17) is 0 Å². The Labute approximate surface area is 309 Å². The van der Waals surface area contributed by atoms with Gasteiger partial charge in [-0.05, 0) is 44.9 Å². The molecule has 3 unspecified atom stereocenters. The largest absolute Gasteiger partial charge is 0.387 e. The second-order valence-corrected chi connectivity index (χ2v) is 16.3. The standard InChI is InChI=1S/C42H81NO6S/c1-3-5-7-9-11-13-15-17-19-21-23-25-27-29-31-33-35-37-41(45)42(46)43-39(38-50(47,48)49)40(44)36-34-32-30-28-26-24-22-20-18-16-14-12-10-8-6-4-2/h23,25,34,36,39-41,44-45H,3-22,24,26-33,35,37-38H2,1-2H3,(H,43,46)(H,47,48,49)/b25-23-,36-34+. The molecule has 296 valence electrons. The van der Waals surface area contributed by atoms with Gasteiger partial charge in [-0.25, -0.2) is 0 Å². The molecule has 0 aliphatic carbocycles. The Morgan fingerprint density at radius 1 is 0.540 bits per heavy atom. The number of hydrogen-bond donors (Lipinski definition) is 4. The third-order valence-corrected chi connectivity index (χ3v) is 10.5. The molecule has 0 aliphatic rings. The van der Waals surface area contributed by atoms with Crippen molar-refractivity contribution in [1.29, 1.82) is 0 Å². The summed E-state index contributed by atoms with van der Waals surface area (Å²) in [6, 6.07) is -1.23. The zero-order valence-corrected chi connectivity index (χ0v) is 33.5. The summed E-state index contributed by atoms with van der Waals surface area (Å²) in [5.74, 6) is -1.54. The van der Waals surface area contributed by atoms with Crippen LogP contribution < -0.4 is 5.32 Å². The molecule has 0 heterocycles. The summed E-state index contributed by atoms with van der Waals surface area (Å²) in [6.07, 6.45) is 42.3. The van der Waals surface area contributed by atoms with E-state index in [9.17, 15) is 28.0 Å². The molecule has 0 saturated carbocycles. The maximum atomic E-state index is 12.6. The molecule has 0 aliphatic heterocycles. The highest BCUT2D eigenvalue weighted by Gasteiger charge is 2.27. The van der Waals surface area contributed by atoms with Crippen LogP contribution in [0.1, 0.15) is 213 Å². The number of carbonyl (C=O) groups is 1. The van der Waals surface area contributed by atoms with E-state index in [0.717, 1.165) is 51.4 Å². The fourth-order valence-electron chi connectivity index (χ4n) is 6.45. The predicted octanol–water partition coefficient (Wildman–Crippen LogP) is 11.3. The Hall–Kier alpha value is -1.22. The number of aliphatic hydroxyl groups excluding tert-OH is 2. The SMILES string of the molecule is CCCCCCCCCCC/C=C\CCCCCCC(O)C(=O)NC(CS(=O)(=O)O)C(O)/C=C/CCCCCCCCCCCCCCCC. The number of allylic oxidation sites excluding steroid dienone is 3. The summed E-state index contributed by atoms with van der Waals surface area (Å²) in [5.41, 5.74) is 0. The maximum absolute atomic E-state index is 12.6. The van der Waals surface area contributed by atoms with Crippen molar-refractivity contribution in [2.24, 2.45) is 0 Å². The van der Waals surface area contributed by atoms with Crippen LogP contribution in [0.25, 0.3) is 0 Å². The van der Waals surface area contributed by atoms with Crippen LogP contribution in [0.4, 0.5) is 0 Å². The summed E-state index contributed by atoms with van der Waals surface area (Å²) in [6.45, 7) is 4.51. The summed E-state index contributed by atoms with van der Waals surface area (Å²) in [5, 5.41) is 23.4. The summed E-state index contributed by atoms with van der Waals surface area (Å²) in [4.78, 5) is 12.6. The van der Waals surface area contributed by atoms with Gasteiger partial charge in [0.25, 0.3) is 10.1 Å². The number of nitrogens with one attached hydrogen (secondary N) is 1. The minimum atomic E-state index is -4.44. The monoisotopic (exact) mass is 728 g/mol. The molecular formula is C42H81NO6S. The molecule has 0 aromatic rings. The highest BCUT2D eigenvalue weighted by Crippen LogP contribution is 2.15. The molecule has 50 heavy (non-hydrogen) atoms. The first-order valence-corrected chi connectivity index (χ1v) is 22.8. The lowest BCUT2D eigenvalue weighted by molar-refractivity contribution is -0.130. The van der Waals surface area contributed by atoms with Crippen molar-refractivity contribution in [3.05, 3.63) is 24.3 Å². The molecular weight excluding hydrogens is 647 g/mol. The van der Waals surface area contributed by atoms with Crippen LogP contribution in [0, 0.1) is 0 Å². The lowest BCUT2D eigenvalue weighted by atomic mass is 10.0. The Kier molecular flexibility index (Phi) is 35.3. The van der Waals surface area contributed by atoms with Gasteiger partial charge in [-0.15, -0.1) is 0 Å². The van der Waals surface area contributed by atoms with Crippen LogP contribution in [-0.2, 0) is 14.9 Å². The summed E-state index contributed by atoms with van der Waals surface area (Å²) >= 11 is 0. The Balaban J connectivity index is 4.04. The Morgan fingerprint density at radius 2 is 0.880 bits per heavy atom. The van der Waals surface area contributed by atoms with Crippen molar-refractivity contribution < 1.29 is 28.0 Å². The van der Waals surface area contributed by atoms with Crippen LogP contribution in [0.2, 0.25) is 0 Å². The molecule has 0 aromatic heterocycles. The number of hydrogen-bond acceptors (Lipinski definition) is 5. The third kappa shape index (κ3) is 35.2. The van der Waals surface area contributed by atoms with Crippen molar-refractivity contribution in [2.75, 3.05) is 5.75 Å². The van der Waals surface area contributed by atoms with E-state index in [1.807, 2.05) is 0 Å². The fourth-order valence-corrected chi connectivity index (χ4v) is 7.19. The van der Waals surface area contributed by atoms with Crippen molar-refractivity contribution in [3.63, 3.8) is 0 Å². The minimum absolute atomic E-state index is 0.268. The molecule has 0 rings (SSSR count). The van der Waals surface area contributed by atoms with Gasteiger partial charge in [0.15, 0.2) is 0 Å². The zero-order valence-electron chi connectivity index (χ0n) is 32.6. The molecule has 0 saturated heterocycles. The van der Waals surface area contributed by atoms with Crippen LogP contribution in [-0.4, -0.2) is 53.1 Å². The van der Waals surface area contributed by atoms with Gasteiger partial charge in [-0.3, -0.25) is 9.35 Å². The maximum Gasteiger partial charge on any atom is 0.267 e. The Morgan fingerprint density at radius 3 is 1.26 bits per heavy atom. The number of carbonyl (C=O) groups excluding carboxylic acids is 1. The molecule has 0 aromatic carbocycles. The van der Waals surface area contributed by atoms with E-state index >= 15 is 0 Å². The minimum Gasteiger partial charge on any atom is -0.387 e. The van der Waals surface area contributed by atoms with Gasteiger partial charge >= 0.3 is 0 Å². The smallest absolute Gasteiger partial charge is 0.267 e. The summed E-state index contributed by atoms with van der Waals surface area (Å²) in [7, 11) is -4.44. The molecule has 0 radical (unpaired) electrons. The molecule has 3 atom stereocenters. The van der Waals surface area contributed by atoms with E-state index in [0.29, 0.717) is 6.42 Å². The third-order valence-electron chi connectivity index (χ3n) is 9.73. The lowest BCUT2D eigenvalue weighted by Gasteiger charge is -2.22. The molecule has 0 spiro atoms. The van der Waals surface area contributed by atoms with Crippen LogP contribution in [0.5, 0.6) is 0 Å². The molecule has 1 amide bonds. The normalized spacial score (nSPS) is 14.1. The van der Waals surface area contributed by atoms with Gasteiger partial charge in [-0.2, -0.15) is 8.42 Å². The molecule has 7 nitrogen and oxygen atoms in total. The molecule has 0 fully saturated rings. The van der Waals surface area contributed by atoms with E-state index in [1.165, 1.54) is 141 Å². The molecule has 0 bridgehead atoms. The average Bonchev–Trinajstić information content (AvgIpc) is 3.08. The van der Waals surface area contributed by atoms with Gasteiger partial charge < -0.3 is 15.5 Å². The van der Waals surface area contributed by atoms with Crippen LogP contribution >= 0.6 is 0 Å². The van der Waals surface area contributed by atoms with E-state index in [1.54, 1.807) is 6.08 Å². The predicted molar refractivity (Wildman–Crippen MR) is 213 cm³/mol. The average molecular weight is 728 g/mol. The first-order valence-electron chi connectivity index (χ1n) is 21.1. The van der Waals surface area contributed by atoms with E-state index in [2.05, 4.69) is 31.3 Å². The molecule has 8 heteroatoms. The number of amides is 1. The number of rotatable bonds is 38. The lowest BCUT2D eigenvalue weighted by Crippen LogP contribution is -2.50. The van der Waals surface area contributed by atoms with Crippen LogP contribution in [0.15, 0.2) is 24.3 Å². The topological polar surface area (TPSA) is 124 Å². The van der Waals surface area contributed by atoms with Crippen molar-refractivity contribution in [3.8, 4) is 0 Å². The van der Waals surface area contributed by atoms with E-state index < -0.39 is 40.0 Å². The molecule has 4 N–H and O–H groups in total. The van der Waals surface area contributed by atoms with Gasteiger partial charge in [0.1, 0.15) is 6.10 Å². The van der Waals surface area contributed by atoms with Crippen molar-refractivity contribution in [1.82, 2.24) is 5.32 Å². The first kappa shape index (κ1) is 48.8. The van der Waals surface area contributed by atoms with Crippen LogP contribution in [0.3, 0.4) is 0 Å². The van der Waals surface area contributed by atoms with Gasteiger partial charge in [0.05, 0.1) is 17.9 Å². The summed E-state index contributed by atoms with van der Waals surface area (Å²) < 4.78 is 32.5.